The van der Waals surface area contributed by atoms with Crippen molar-refractivity contribution in [3.05, 3.63) is 23.4 Å². The first-order valence-corrected chi connectivity index (χ1v) is 5.42. The minimum Gasteiger partial charge on any atom is -0.320 e. The van der Waals surface area contributed by atoms with Gasteiger partial charge in [0.15, 0.2) is 0 Å². The van der Waals surface area contributed by atoms with Crippen LogP contribution in [0, 0.1) is 19.8 Å². The molecule has 0 bridgehead atoms. The molecule has 0 aliphatic carbocycles. The van der Waals surface area contributed by atoms with Crippen LogP contribution in [0.2, 0.25) is 0 Å². The highest BCUT2D eigenvalue weighted by atomic mass is 35.5. The number of nitrogens with zero attached hydrogens (tertiary/aromatic N) is 1. The third-order valence-electron chi connectivity index (χ3n) is 2.37. The largest absolute Gasteiger partial charge is 0.320 e. The van der Waals surface area contributed by atoms with E-state index in [4.69, 9.17) is 5.73 Å². The molecule has 96 valence electrons. The standard InChI is InChI=1S/C12H19N3O.ClH/c1-7(2)11(13)12(16)15-10-6-8(3)5-9(4)14-10;/h5-7,11H,13H2,1-4H3,(H,14,15,16);1H/t11-;/m0./s1. The van der Waals surface area contributed by atoms with Gasteiger partial charge in [-0.1, -0.05) is 13.8 Å². The van der Waals surface area contributed by atoms with Gasteiger partial charge in [0.05, 0.1) is 6.04 Å². The molecule has 1 aromatic heterocycles. The lowest BCUT2D eigenvalue weighted by atomic mass is 10.1. The first kappa shape index (κ1) is 15.9. The molecule has 0 spiro atoms. The zero-order valence-electron chi connectivity index (χ0n) is 10.7. The number of rotatable bonds is 3. The van der Waals surface area contributed by atoms with Crippen molar-refractivity contribution in [1.82, 2.24) is 4.98 Å². The zero-order valence-corrected chi connectivity index (χ0v) is 11.5. The summed E-state index contributed by atoms with van der Waals surface area (Å²) in [5.74, 6) is 0.497. The Morgan fingerprint density at radius 1 is 1.35 bits per heavy atom. The number of nitrogens with two attached hydrogens (primary N) is 1. The van der Waals surface area contributed by atoms with Crippen LogP contribution >= 0.6 is 12.4 Å². The van der Waals surface area contributed by atoms with Gasteiger partial charge < -0.3 is 11.1 Å². The summed E-state index contributed by atoms with van der Waals surface area (Å²) in [7, 11) is 0. The second kappa shape index (κ2) is 6.57. The molecule has 4 nitrogen and oxygen atoms in total. The van der Waals surface area contributed by atoms with Gasteiger partial charge in [0.1, 0.15) is 5.82 Å². The van der Waals surface area contributed by atoms with E-state index in [0.717, 1.165) is 11.3 Å². The molecule has 0 aliphatic rings. The van der Waals surface area contributed by atoms with E-state index >= 15 is 0 Å². The van der Waals surface area contributed by atoms with Crippen molar-refractivity contribution in [2.45, 2.75) is 33.7 Å². The minimum absolute atomic E-state index is 0. The number of hydrogen-bond donors (Lipinski definition) is 2. The fourth-order valence-corrected chi connectivity index (χ4v) is 1.42. The molecule has 1 aromatic rings. The Labute approximate surface area is 108 Å². The minimum atomic E-state index is -0.498. The van der Waals surface area contributed by atoms with Gasteiger partial charge in [-0.05, 0) is 37.5 Å². The van der Waals surface area contributed by atoms with Crippen molar-refractivity contribution < 1.29 is 4.79 Å². The molecule has 0 unspecified atom stereocenters. The van der Waals surface area contributed by atoms with E-state index in [0.29, 0.717) is 5.82 Å². The summed E-state index contributed by atoms with van der Waals surface area (Å²) in [6.07, 6.45) is 0. The maximum absolute atomic E-state index is 11.7. The SMILES string of the molecule is Cc1cc(C)nc(NC(=O)[C@@H](N)C(C)C)c1.Cl. The molecule has 3 N–H and O–H groups in total. The van der Waals surface area contributed by atoms with Gasteiger partial charge in [0.2, 0.25) is 5.91 Å². The molecule has 0 radical (unpaired) electrons. The molecule has 1 atom stereocenters. The number of anilines is 1. The van der Waals surface area contributed by atoms with Crippen molar-refractivity contribution >= 4 is 24.1 Å². The fourth-order valence-electron chi connectivity index (χ4n) is 1.42. The van der Waals surface area contributed by atoms with E-state index in [1.165, 1.54) is 0 Å². The molecule has 0 saturated carbocycles. The molecule has 1 heterocycles. The first-order valence-electron chi connectivity index (χ1n) is 5.42. The Morgan fingerprint density at radius 2 is 1.94 bits per heavy atom. The monoisotopic (exact) mass is 257 g/mol. The van der Waals surface area contributed by atoms with Crippen molar-refractivity contribution in [2.24, 2.45) is 11.7 Å². The Bertz CT molecular complexity index is 373. The lowest BCUT2D eigenvalue weighted by Gasteiger charge is -2.15. The van der Waals surface area contributed by atoms with Gasteiger partial charge in [-0.2, -0.15) is 0 Å². The lowest BCUT2D eigenvalue weighted by Crippen LogP contribution is -2.39. The van der Waals surface area contributed by atoms with Crippen LogP contribution in [0.5, 0.6) is 0 Å². The predicted molar refractivity (Wildman–Crippen MR) is 72.4 cm³/mol. The third-order valence-corrected chi connectivity index (χ3v) is 2.37. The van der Waals surface area contributed by atoms with E-state index in [1.807, 2.05) is 39.8 Å². The summed E-state index contributed by atoms with van der Waals surface area (Å²) in [5, 5.41) is 2.73. The Hall–Kier alpha value is -1.13. The van der Waals surface area contributed by atoms with Crippen LogP contribution in [0.15, 0.2) is 12.1 Å². The summed E-state index contributed by atoms with van der Waals surface area (Å²) in [6.45, 7) is 7.69. The van der Waals surface area contributed by atoms with Crippen LogP contribution in [-0.4, -0.2) is 16.9 Å². The average Bonchev–Trinajstić information content (AvgIpc) is 2.14. The highest BCUT2D eigenvalue weighted by Crippen LogP contribution is 2.10. The van der Waals surface area contributed by atoms with Crippen LogP contribution in [0.3, 0.4) is 0 Å². The Kier molecular flexibility index (Phi) is 6.13. The lowest BCUT2D eigenvalue weighted by molar-refractivity contribution is -0.118. The van der Waals surface area contributed by atoms with Crippen molar-refractivity contribution in [3.8, 4) is 0 Å². The maximum Gasteiger partial charge on any atom is 0.242 e. The number of pyridine rings is 1. The Morgan fingerprint density at radius 3 is 2.41 bits per heavy atom. The van der Waals surface area contributed by atoms with Gasteiger partial charge >= 0.3 is 0 Å². The molecule has 17 heavy (non-hydrogen) atoms. The highest BCUT2D eigenvalue weighted by Gasteiger charge is 2.17. The molecule has 1 amide bonds. The predicted octanol–water partition coefficient (Wildman–Crippen LogP) is 2.04. The summed E-state index contributed by atoms with van der Waals surface area (Å²) in [6, 6.07) is 3.29. The first-order chi connectivity index (χ1) is 7.40. The quantitative estimate of drug-likeness (QED) is 0.871. The van der Waals surface area contributed by atoms with Crippen LogP contribution < -0.4 is 11.1 Å². The molecular formula is C12H20ClN3O. The number of carbonyl (C=O) groups excluding carboxylic acids is 1. The number of nitrogens with one attached hydrogen (secondary N) is 1. The molecule has 1 rings (SSSR count). The molecular weight excluding hydrogens is 238 g/mol. The Balaban J connectivity index is 0.00000256. The van der Waals surface area contributed by atoms with Crippen LogP contribution in [0.25, 0.3) is 0 Å². The number of halogens is 1. The van der Waals surface area contributed by atoms with E-state index in [1.54, 1.807) is 0 Å². The molecule has 0 aliphatic heterocycles. The summed E-state index contributed by atoms with van der Waals surface area (Å²) in [4.78, 5) is 15.9. The molecule has 0 aromatic carbocycles. The third kappa shape index (κ3) is 4.71. The van der Waals surface area contributed by atoms with Gasteiger partial charge in [-0.25, -0.2) is 4.98 Å². The fraction of sp³-hybridized carbons (Fsp3) is 0.500. The van der Waals surface area contributed by atoms with E-state index in [9.17, 15) is 4.79 Å². The van der Waals surface area contributed by atoms with Gasteiger partial charge in [-0.15, -0.1) is 12.4 Å². The van der Waals surface area contributed by atoms with E-state index in [-0.39, 0.29) is 24.2 Å². The molecule has 0 fully saturated rings. The van der Waals surface area contributed by atoms with Gasteiger partial charge in [0, 0.05) is 5.69 Å². The second-order valence-corrected chi connectivity index (χ2v) is 4.43. The van der Waals surface area contributed by atoms with Gasteiger partial charge in [-0.3, -0.25) is 4.79 Å². The smallest absolute Gasteiger partial charge is 0.242 e. The van der Waals surface area contributed by atoms with Crippen molar-refractivity contribution in [3.63, 3.8) is 0 Å². The number of aromatic nitrogens is 1. The normalized spacial score (nSPS) is 11.9. The van der Waals surface area contributed by atoms with Crippen molar-refractivity contribution in [1.29, 1.82) is 0 Å². The zero-order chi connectivity index (χ0) is 12.3. The molecule has 5 heteroatoms. The summed E-state index contributed by atoms with van der Waals surface area (Å²) >= 11 is 0. The van der Waals surface area contributed by atoms with Crippen molar-refractivity contribution in [2.75, 3.05) is 5.32 Å². The number of aryl methyl sites for hydroxylation is 2. The van der Waals surface area contributed by atoms with E-state index < -0.39 is 6.04 Å². The highest BCUT2D eigenvalue weighted by molar-refractivity contribution is 5.94. The van der Waals surface area contributed by atoms with E-state index in [2.05, 4.69) is 10.3 Å². The van der Waals surface area contributed by atoms with Crippen LogP contribution in [-0.2, 0) is 4.79 Å². The number of amides is 1. The second-order valence-electron chi connectivity index (χ2n) is 4.43. The maximum atomic E-state index is 11.7. The number of carbonyl (C=O) groups is 1. The van der Waals surface area contributed by atoms with Gasteiger partial charge in [0.25, 0.3) is 0 Å². The van der Waals surface area contributed by atoms with Crippen LogP contribution in [0.4, 0.5) is 5.82 Å². The summed E-state index contributed by atoms with van der Waals surface area (Å²) < 4.78 is 0. The van der Waals surface area contributed by atoms with Crippen LogP contribution in [0.1, 0.15) is 25.1 Å². The average molecular weight is 258 g/mol. The summed E-state index contributed by atoms with van der Waals surface area (Å²) in [5.41, 5.74) is 7.70. The molecule has 0 saturated heterocycles. The number of hydrogen-bond acceptors (Lipinski definition) is 3. The topological polar surface area (TPSA) is 68.0 Å².